The number of carbonyl (C=O) groups excluding carboxylic acids is 2. The van der Waals surface area contributed by atoms with Crippen molar-refractivity contribution in [2.24, 2.45) is 0 Å². The number of esters is 1. The predicted molar refractivity (Wildman–Crippen MR) is 45.9 cm³/mol. The van der Waals surface area contributed by atoms with Crippen molar-refractivity contribution in [2.45, 2.75) is 13.8 Å². The molecule has 0 aromatic carbocycles. The summed E-state index contributed by atoms with van der Waals surface area (Å²) >= 11 is 0. The van der Waals surface area contributed by atoms with Crippen molar-refractivity contribution in [1.29, 1.82) is 0 Å². The summed E-state index contributed by atoms with van der Waals surface area (Å²) in [6.45, 7) is 6.69. The van der Waals surface area contributed by atoms with Crippen molar-refractivity contribution in [3.63, 3.8) is 0 Å². The van der Waals surface area contributed by atoms with Gasteiger partial charge in [0.25, 0.3) is 0 Å². The highest BCUT2D eigenvalue weighted by Crippen LogP contribution is 1.91. The zero-order chi connectivity index (χ0) is 10.3. The third kappa shape index (κ3) is 5.72. The van der Waals surface area contributed by atoms with Crippen LogP contribution in [0.25, 0.3) is 0 Å². The number of amides is 1. The molecule has 13 heavy (non-hydrogen) atoms. The minimum Gasteiger partial charge on any atom is -0.424 e. The van der Waals surface area contributed by atoms with Crippen molar-refractivity contribution >= 4 is 12.1 Å². The lowest BCUT2D eigenvalue weighted by atomic mass is 10.4. The second-order valence-corrected chi connectivity index (χ2v) is 2.29. The first-order chi connectivity index (χ1) is 6.07. The van der Waals surface area contributed by atoms with E-state index in [1.165, 1.54) is 6.92 Å². The second-order valence-electron chi connectivity index (χ2n) is 2.29. The summed E-state index contributed by atoms with van der Waals surface area (Å²) in [7, 11) is 0. The average molecular weight is 187 g/mol. The van der Waals surface area contributed by atoms with E-state index in [0.717, 1.165) is 0 Å². The molecule has 0 fully saturated rings. The lowest BCUT2D eigenvalue weighted by Crippen LogP contribution is -2.25. The second kappa shape index (κ2) is 6.05. The summed E-state index contributed by atoms with van der Waals surface area (Å²) in [6.07, 6.45) is -0.614. The first kappa shape index (κ1) is 11.5. The van der Waals surface area contributed by atoms with Gasteiger partial charge in [-0.25, -0.2) is 9.59 Å². The third-order valence-electron chi connectivity index (χ3n) is 1.05. The van der Waals surface area contributed by atoms with Crippen LogP contribution in [-0.4, -0.2) is 25.4 Å². The van der Waals surface area contributed by atoms with Gasteiger partial charge >= 0.3 is 12.1 Å². The Morgan fingerprint density at radius 2 is 2.00 bits per heavy atom. The summed E-state index contributed by atoms with van der Waals surface area (Å²) in [6, 6.07) is 0. The van der Waals surface area contributed by atoms with Crippen LogP contribution in [0.3, 0.4) is 0 Å². The predicted octanol–water partition coefficient (Wildman–Crippen LogP) is 0.809. The van der Waals surface area contributed by atoms with Gasteiger partial charge in [0.15, 0.2) is 0 Å². The highest BCUT2D eigenvalue weighted by Gasteiger charge is 2.04. The zero-order valence-corrected chi connectivity index (χ0v) is 7.75. The number of nitrogens with one attached hydrogen (secondary N) is 1. The quantitative estimate of drug-likeness (QED) is 0.402. The molecule has 5 nitrogen and oxygen atoms in total. The lowest BCUT2D eigenvalue weighted by molar-refractivity contribution is -0.146. The first-order valence-corrected chi connectivity index (χ1v) is 3.81. The Balaban J connectivity index is 3.50. The van der Waals surface area contributed by atoms with E-state index in [1.54, 1.807) is 6.92 Å². The summed E-state index contributed by atoms with van der Waals surface area (Å²) < 4.78 is 8.97. The molecule has 0 aliphatic rings. The Kier molecular flexibility index (Phi) is 5.34. The minimum atomic E-state index is -0.614. The van der Waals surface area contributed by atoms with Gasteiger partial charge in [-0.3, -0.25) is 0 Å². The molecule has 0 aromatic rings. The summed E-state index contributed by atoms with van der Waals surface area (Å²) in [5.41, 5.74) is 0.263. The van der Waals surface area contributed by atoms with E-state index >= 15 is 0 Å². The fraction of sp³-hybridized carbons (Fsp3) is 0.500. The van der Waals surface area contributed by atoms with Gasteiger partial charge in [-0.05, 0) is 13.8 Å². The van der Waals surface area contributed by atoms with Crippen LogP contribution in [0.5, 0.6) is 0 Å². The molecule has 0 aliphatic heterocycles. The van der Waals surface area contributed by atoms with Gasteiger partial charge in [-0.2, -0.15) is 0 Å². The maximum atomic E-state index is 10.7. The minimum absolute atomic E-state index is 0.263. The molecule has 0 unspecified atom stereocenters. The number of alkyl carbamates (subject to hydrolysis) is 1. The first-order valence-electron chi connectivity index (χ1n) is 3.81. The maximum absolute atomic E-state index is 10.7. The molecular formula is C8H13NO4. The lowest BCUT2D eigenvalue weighted by Gasteiger charge is -2.05. The van der Waals surface area contributed by atoms with E-state index in [2.05, 4.69) is 21.4 Å². The van der Waals surface area contributed by atoms with E-state index < -0.39 is 18.9 Å². The van der Waals surface area contributed by atoms with Crippen molar-refractivity contribution < 1.29 is 19.1 Å². The van der Waals surface area contributed by atoms with E-state index in [-0.39, 0.29) is 5.57 Å². The summed E-state index contributed by atoms with van der Waals surface area (Å²) in [5, 5.41) is 2.37. The highest BCUT2D eigenvalue weighted by atomic mass is 16.7. The van der Waals surface area contributed by atoms with Crippen LogP contribution in [0.1, 0.15) is 13.8 Å². The number of carbonyl (C=O) groups is 2. The summed E-state index contributed by atoms with van der Waals surface area (Å²) in [5.74, 6) is -0.579. The van der Waals surface area contributed by atoms with E-state index in [0.29, 0.717) is 6.54 Å². The van der Waals surface area contributed by atoms with Crippen molar-refractivity contribution in [3.8, 4) is 0 Å². The molecule has 0 aromatic heterocycles. The summed E-state index contributed by atoms with van der Waals surface area (Å²) in [4.78, 5) is 21.4. The molecule has 1 amide bonds. The van der Waals surface area contributed by atoms with Crippen LogP contribution in [0.4, 0.5) is 4.79 Å². The van der Waals surface area contributed by atoms with Gasteiger partial charge in [-0.1, -0.05) is 6.58 Å². The van der Waals surface area contributed by atoms with Crippen LogP contribution >= 0.6 is 0 Å². The fourth-order valence-electron chi connectivity index (χ4n) is 0.455. The van der Waals surface area contributed by atoms with Gasteiger partial charge in [-0.15, -0.1) is 0 Å². The standard InChI is InChI=1S/C8H13NO4/c1-4-9-8(11)13-5-12-7(10)6(2)3/h2,4-5H2,1,3H3,(H,9,11). The number of hydrogen-bond acceptors (Lipinski definition) is 4. The molecule has 0 spiro atoms. The fourth-order valence-corrected chi connectivity index (χ4v) is 0.455. The zero-order valence-electron chi connectivity index (χ0n) is 7.75. The molecule has 5 heteroatoms. The third-order valence-corrected chi connectivity index (χ3v) is 1.05. The molecule has 0 aliphatic carbocycles. The van der Waals surface area contributed by atoms with Gasteiger partial charge in [0.2, 0.25) is 6.79 Å². The largest absolute Gasteiger partial charge is 0.424 e. The molecule has 0 saturated carbocycles. The average Bonchev–Trinajstić information content (AvgIpc) is 2.04. The smallest absolute Gasteiger partial charge is 0.410 e. The SMILES string of the molecule is C=C(C)C(=O)OCOC(=O)NCC. The molecule has 0 atom stereocenters. The van der Waals surface area contributed by atoms with Crippen LogP contribution in [0.2, 0.25) is 0 Å². The van der Waals surface area contributed by atoms with Crippen LogP contribution in [0.15, 0.2) is 12.2 Å². The molecule has 1 N–H and O–H groups in total. The molecule has 74 valence electrons. The van der Waals surface area contributed by atoms with Gasteiger partial charge in [0, 0.05) is 12.1 Å². The monoisotopic (exact) mass is 187 g/mol. The van der Waals surface area contributed by atoms with Crippen LogP contribution < -0.4 is 5.32 Å². The Morgan fingerprint density at radius 3 is 2.46 bits per heavy atom. The number of ether oxygens (including phenoxy) is 2. The van der Waals surface area contributed by atoms with Crippen LogP contribution in [0, 0.1) is 0 Å². The number of rotatable bonds is 4. The molecule has 0 heterocycles. The Hall–Kier alpha value is -1.52. The molecule has 0 rings (SSSR count). The van der Waals surface area contributed by atoms with Crippen molar-refractivity contribution in [3.05, 3.63) is 12.2 Å². The van der Waals surface area contributed by atoms with Crippen LogP contribution in [-0.2, 0) is 14.3 Å². The van der Waals surface area contributed by atoms with Crippen molar-refractivity contribution in [1.82, 2.24) is 5.32 Å². The van der Waals surface area contributed by atoms with E-state index in [9.17, 15) is 9.59 Å². The van der Waals surface area contributed by atoms with Crippen molar-refractivity contribution in [2.75, 3.05) is 13.3 Å². The van der Waals surface area contributed by atoms with Gasteiger partial charge < -0.3 is 14.8 Å². The van der Waals surface area contributed by atoms with Gasteiger partial charge in [0.05, 0.1) is 0 Å². The topological polar surface area (TPSA) is 64.6 Å². The number of hydrogen-bond donors (Lipinski definition) is 1. The Morgan fingerprint density at radius 1 is 1.38 bits per heavy atom. The Bertz CT molecular complexity index is 212. The highest BCUT2D eigenvalue weighted by molar-refractivity contribution is 5.86. The molecule has 0 bridgehead atoms. The van der Waals surface area contributed by atoms with E-state index in [1.807, 2.05) is 0 Å². The maximum Gasteiger partial charge on any atom is 0.410 e. The Labute approximate surface area is 76.7 Å². The van der Waals surface area contributed by atoms with Gasteiger partial charge in [0.1, 0.15) is 0 Å². The normalized spacial score (nSPS) is 8.77. The molecule has 0 saturated heterocycles. The van der Waals surface area contributed by atoms with E-state index in [4.69, 9.17) is 0 Å². The molecular weight excluding hydrogens is 174 g/mol. The molecule has 0 radical (unpaired) electrons.